The standard InChI is InChI=1S/C25H24N2O4/c1-27(2)25(30)21-12-14-22(15-13-21)26-23(28)17-31-24(29)16-18-8-10-20(11-9-18)19-6-4-3-5-7-19/h3-15H,16-17H2,1-2H3,(H,26,28). The van der Waals surface area contributed by atoms with Gasteiger partial charge in [0.2, 0.25) is 0 Å². The van der Waals surface area contributed by atoms with E-state index >= 15 is 0 Å². The maximum atomic E-state index is 12.1. The SMILES string of the molecule is CN(C)C(=O)c1ccc(NC(=O)COC(=O)Cc2ccc(-c3ccccc3)cc2)cc1. The number of nitrogens with zero attached hydrogens (tertiary/aromatic N) is 1. The van der Waals surface area contributed by atoms with Gasteiger partial charge in [0.1, 0.15) is 0 Å². The van der Waals surface area contributed by atoms with E-state index in [9.17, 15) is 14.4 Å². The second kappa shape index (κ2) is 10.2. The molecule has 0 saturated carbocycles. The number of nitrogens with one attached hydrogen (secondary N) is 1. The summed E-state index contributed by atoms with van der Waals surface area (Å²) in [5.74, 6) is -1.04. The van der Waals surface area contributed by atoms with Crippen molar-refractivity contribution in [3.8, 4) is 11.1 Å². The van der Waals surface area contributed by atoms with E-state index in [4.69, 9.17) is 4.74 Å². The molecule has 3 aromatic carbocycles. The minimum atomic E-state index is -0.477. The third kappa shape index (κ3) is 6.27. The van der Waals surface area contributed by atoms with E-state index in [0.717, 1.165) is 16.7 Å². The van der Waals surface area contributed by atoms with Crippen LogP contribution in [-0.4, -0.2) is 43.4 Å². The summed E-state index contributed by atoms with van der Waals surface area (Å²) < 4.78 is 5.08. The number of benzene rings is 3. The van der Waals surface area contributed by atoms with Crippen LogP contribution in [0.5, 0.6) is 0 Å². The van der Waals surface area contributed by atoms with Crippen molar-refractivity contribution in [2.45, 2.75) is 6.42 Å². The van der Waals surface area contributed by atoms with Gasteiger partial charge in [0.25, 0.3) is 11.8 Å². The highest BCUT2D eigenvalue weighted by molar-refractivity contribution is 5.96. The molecule has 0 radical (unpaired) electrons. The monoisotopic (exact) mass is 416 g/mol. The minimum absolute atomic E-state index is 0.0870. The summed E-state index contributed by atoms with van der Waals surface area (Å²) in [5, 5.41) is 2.64. The number of hydrogen-bond acceptors (Lipinski definition) is 4. The van der Waals surface area contributed by atoms with Gasteiger partial charge >= 0.3 is 5.97 Å². The Hall–Kier alpha value is -3.93. The van der Waals surface area contributed by atoms with Crippen LogP contribution < -0.4 is 5.32 Å². The highest BCUT2D eigenvalue weighted by atomic mass is 16.5. The summed E-state index contributed by atoms with van der Waals surface area (Å²) >= 11 is 0. The van der Waals surface area contributed by atoms with Gasteiger partial charge in [0.15, 0.2) is 6.61 Å². The van der Waals surface area contributed by atoms with Crippen molar-refractivity contribution in [2.24, 2.45) is 0 Å². The fourth-order valence-electron chi connectivity index (χ4n) is 2.96. The van der Waals surface area contributed by atoms with Crippen LogP contribution in [0.4, 0.5) is 5.69 Å². The van der Waals surface area contributed by atoms with Crippen LogP contribution in [0.1, 0.15) is 15.9 Å². The van der Waals surface area contributed by atoms with Gasteiger partial charge in [-0.1, -0.05) is 54.6 Å². The third-order valence-electron chi connectivity index (χ3n) is 4.60. The topological polar surface area (TPSA) is 75.7 Å². The molecule has 0 unspecified atom stereocenters. The Balaban J connectivity index is 1.46. The second-order valence-electron chi connectivity index (χ2n) is 7.23. The van der Waals surface area contributed by atoms with Gasteiger partial charge in [-0.25, -0.2) is 0 Å². The number of rotatable bonds is 7. The average molecular weight is 416 g/mol. The third-order valence-corrected chi connectivity index (χ3v) is 4.60. The fourth-order valence-corrected chi connectivity index (χ4v) is 2.96. The van der Waals surface area contributed by atoms with Crippen molar-refractivity contribution >= 4 is 23.5 Å². The largest absolute Gasteiger partial charge is 0.455 e. The first-order chi connectivity index (χ1) is 14.9. The predicted octanol–water partition coefficient (Wildman–Crippen LogP) is 3.78. The lowest BCUT2D eigenvalue weighted by Crippen LogP contribution is -2.22. The first-order valence-corrected chi connectivity index (χ1v) is 9.84. The minimum Gasteiger partial charge on any atom is -0.455 e. The molecule has 0 aromatic heterocycles. The highest BCUT2D eigenvalue weighted by Crippen LogP contribution is 2.19. The van der Waals surface area contributed by atoms with Gasteiger partial charge in [-0.2, -0.15) is 0 Å². The Morgan fingerprint density at radius 1 is 0.806 bits per heavy atom. The van der Waals surface area contributed by atoms with Gasteiger partial charge in [0.05, 0.1) is 6.42 Å². The van der Waals surface area contributed by atoms with E-state index in [2.05, 4.69) is 5.32 Å². The van der Waals surface area contributed by atoms with Crippen LogP contribution in [0, 0.1) is 0 Å². The number of esters is 1. The summed E-state index contributed by atoms with van der Waals surface area (Å²) in [4.78, 5) is 37.4. The Morgan fingerprint density at radius 2 is 1.42 bits per heavy atom. The molecule has 1 N–H and O–H groups in total. The summed E-state index contributed by atoms with van der Waals surface area (Å²) in [5.41, 5.74) is 4.02. The maximum absolute atomic E-state index is 12.1. The zero-order valence-electron chi connectivity index (χ0n) is 17.5. The lowest BCUT2D eigenvalue weighted by atomic mass is 10.0. The average Bonchev–Trinajstić information content (AvgIpc) is 2.79. The molecular formula is C25H24N2O4. The predicted molar refractivity (Wildman–Crippen MR) is 120 cm³/mol. The van der Waals surface area contributed by atoms with E-state index < -0.39 is 11.9 Å². The molecule has 0 heterocycles. The van der Waals surface area contributed by atoms with Crippen molar-refractivity contribution in [1.82, 2.24) is 4.90 Å². The smallest absolute Gasteiger partial charge is 0.310 e. The normalized spacial score (nSPS) is 10.3. The van der Waals surface area contributed by atoms with E-state index in [-0.39, 0.29) is 18.9 Å². The molecular weight excluding hydrogens is 392 g/mol. The first-order valence-electron chi connectivity index (χ1n) is 9.84. The molecule has 3 rings (SSSR count). The number of anilines is 1. The Bertz CT molecular complexity index is 1040. The number of carbonyl (C=O) groups is 3. The van der Waals surface area contributed by atoms with Gasteiger partial charge in [0, 0.05) is 25.3 Å². The molecule has 0 aliphatic heterocycles. The van der Waals surface area contributed by atoms with Crippen molar-refractivity contribution in [3.63, 3.8) is 0 Å². The summed E-state index contributed by atoms with van der Waals surface area (Å²) in [6, 6.07) is 24.1. The van der Waals surface area contributed by atoms with E-state index in [0.29, 0.717) is 11.3 Å². The van der Waals surface area contributed by atoms with Crippen LogP contribution in [0.3, 0.4) is 0 Å². The lowest BCUT2D eigenvalue weighted by Gasteiger charge is -2.11. The molecule has 6 heteroatoms. The van der Waals surface area contributed by atoms with Gasteiger partial charge in [-0.15, -0.1) is 0 Å². The number of amides is 2. The van der Waals surface area contributed by atoms with Crippen LogP contribution in [0.25, 0.3) is 11.1 Å². The molecule has 2 amide bonds. The van der Waals surface area contributed by atoms with Crippen LogP contribution in [0.15, 0.2) is 78.9 Å². The number of carbonyl (C=O) groups excluding carboxylic acids is 3. The number of hydrogen-bond donors (Lipinski definition) is 1. The quantitative estimate of drug-likeness (QED) is 0.595. The van der Waals surface area contributed by atoms with Crippen molar-refractivity contribution in [3.05, 3.63) is 90.0 Å². The Morgan fingerprint density at radius 3 is 2.03 bits per heavy atom. The lowest BCUT2D eigenvalue weighted by molar-refractivity contribution is -0.146. The van der Waals surface area contributed by atoms with Gasteiger partial charge in [-0.05, 0) is 41.0 Å². The molecule has 31 heavy (non-hydrogen) atoms. The van der Waals surface area contributed by atoms with Crippen molar-refractivity contribution < 1.29 is 19.1 Å². The van der Waals surface area contributed by atoms with Crippen LogP contribution in [0.2, 0.25) is 0 Å². The van der Waals surface area contributed by atoms with Gasteiger partial charge in [-0.3, -0.25) is 14.4 Å². The maximum Gasteiger partial charge on any atom is 0.310 e. The molecule has 0 aliphatic rings. The highest BCUT2D eigenvalue weighted by Gasteiger charge is 2.11. The summed E-state index contributed by atoms with van der Waals surface area (Å²) in [6.07, 6.45) is 0.0870. The second-order valence-corrected chi connectivity index (χ2v) is 7.23. The molecule has 0 bridgehead atoms. The van der Waals surface area contributed by atoms with Crippen LogP contribution >= 0.6 is 0 Å². The van der Waals surface area contributed by atoms with Crippen molar-refractivity contribution in [2.75, 3.05) is 26.0 Å². The Labute approximate surface area is 181 Å². The summed E-state index contributed by atoms with van der Waals surface area (Å²) in [7, 11) is 3.34. The molecule has 0 spiro atoms. The fraction of sp³-hybridized carbons (Fsp3) is 0.160. The number of ether oxygens (including phenoxy) is 1. The Kier molecular flexibility index (Phi) is 7.17. The van der Waals surface area contributed by atoms with Crippen LogP contribution in [-0.2, 0) is 20.7 Å². The molecule has 0 fully saturated rings. The first kappa shape index (κ1) is 21.8. The summed E-state index contributed by atoms with van der Waals surface area (Å²) in [6.45, 7) is -0.376. The van der Waals surface area contributed by atoms with Gasteiger partial charge < -0.3 is 15.0 Å². The molecule has 3 aromatic rings. The molecule has 0 atom stereocenters. The van der Waals surface area contributed by atoms with E-state index in [1.165, 1.54) is 4.90 Å². The molecule has 158 valence electrons. The zero-order valence-corrected chi connectivity index (χ0v) is 17.5. The van der Waals surface area contributed by atoms with Crippen molar-refractivity contribution in [1.29, 1.82) is 0 Å². The van der Waals surface area contributed by atoms with E-state index in [1.54, 1.807) is 38.4 Å². The van der Waals surface area contributed by atoms with E-state index in [1.807, 2.05) is 54.6 Å². The molecule has 0 aliphatic carbocycles. The molecule has 6 nitrogen and oxygen atoms in total. The zero-order chi connectivity index (χ0) is 22.2. The molecule has 0 saturated heterocycles.